The Labute approximate surface area is 156 Å². The second-order valence-electron chi connectivity index (χ2n) is 4.92. The number of halogens is 2. The van der Waals surface area contributed by atoms with E-state index >= 15 is 0 Å². The molecule has 1 atom stereocenters. The lowest BCUT2D eigenvalue weighted by atomic mass is 10.2. The second-order valence-corrected chi connectivity index (χ2v) is 9.36. The van der Waals surface area contributed by atoms with Gasteiger partial charge in [0.05, 0.1) is 27.2 Å². The Balaban J connectivity index is 2.41. The molecule has 0 amide bonds. The molecule has 0 heterocycles. The zero-order chi connectivity index (χ0) is 17.9. The molecule has 0 aromatic heterocycles. The van der Waals surface area contributed by atoms with Crippen molar-refractivity contribution in [3.8, 4) is 6.07 Å². The van der Waals surface area contributed by atoms with E-state index in [0.717, 1.165) is 0 Å². The molecule has 0 aliphatic rings. The van der Waals surface area contributed by atoms with Gasteiger partial charge in [-0.2, -0.15) is 5.26 Å². The van der Waals surface area contributed by atoms with Crippen molar-refractivity contribution in [2.24, 2.45) is 0 Å². The lowest BCUT2D eigenvalue weighted by molar-refractivity contribution is 0.601. The summed E-state index contributed by atoms with van der Waals surface area (Å²) >= 11 is 9.23. The second kappa shape index (κ2) is 7.66. The Bertz CT molecular complexity index is 956. The fourth-order valence-corrected chi connectivity index (χ4v) is 4.62. The molecule has 2 rings (SSSR count). The Morgan fingerprint density at radius 3 is 2.62 bits per heavy atom. The number of nitrogens with zero attached hydrogens (tertiary/aromatic N) is 1. The maximum absolute atomic E-state index is 12.5. The Morgan fingerprint density at radius 2 is 2.00 bits per heavy atom. The first-order chi connectivity index (χ1) is 11.2. The smallest absolute Gasteiger partial charge is 0.262 e. The van der Waals surface area contributed by atoms with Gasteiger partial charge in [-0.15, -0.1) is 0 Å². The van der Waals surface area contributed by atoms with Gasteiger partial charge in [-0.05, 0) is 35.9 Å². The summed E-state index contributed by atoms with van der Waals surface area (Å²) in [5.74, 6) is 0.293. The van der Waals surface area contributed by atoms with Crippen LogP contribution in [0.1, 0.15) is 11.1 Å². The number of hydrogen-bond donors (Lipinski definition) is 1. The number of sulfonamides is 1. The van der Waals surface area contributed by atoms with E-state index in [2.05, 4.69) is 20.7 Å². The van der Waals surface area contributed by atoms with Crippen molar-refractivity contribution in [1.29, 1.82) is 5.26 Å². The van der Waals surface area contributed by atoms with Gasteiger partial charge >= 0.3 is 0 Å². The van der Waals surface area contributed by atoms with E-state index in [1.165, 1.54) is 18.2 Å². The highest BCUT2D eigenvalue weighted by atomic mass is 79.9. The molecule has 0 fully saturated rings. The number of rotatable bonds is 5. The first-order valence-electron chi connectivity index (χ1n) is 6.53. The number of benzene rings is 2. The summed E-state index contributed by atoms with van der Waals surface area (Å²) in [6.07, 6.45) is 1.56. The summed E-state index contributed by atoms with van der Waals surface area (Å²) in [6.45, 7) is 0. The maximum atomic E-state index is 12.5. The van der Waals surface area contributed by atoms with E-state index in [1.807, 2.05) is 6.07 Å². The highest BCUT2D eigenvalue weighted by Gasteiger charge is 2.18. The summed E-state index contributed by atoms with van der Waals surface area (Å²) < 4.78 is 39.3. The van der Waals surface area contributed by atoms with Gasteiger partial charge in [0.2, 0.25) is 0 Å². The van der Waals surface area contributed by atoms with Gasteiger partial charge in [0.1, 0.15) is 0 Å². The third kappa shape index (κ3) is 4.80. The van der Waals surface area contributed by atoms with Crippen molar-refractivity contribution in [3.63, 3.8) is 0 Å². The topological polar surface area (TPSA) is 87.0 Å². The molecule has 0 spiro atoms. The van der Waals surface area contributed by atoms with Gasteiger partial charge in [-0.1, -0.05) is 33.6 Å². The van der Waals surface area contributed by atoms with Crippen molar-refractivity contribution in [1.82, 2.24) is 0 Å². The summed E-state index contributed by atoms with van der Waals surface area (Å²) in [5, 5.41) is 9.19. The van der Waals surface area contributed by atoms with Crippen LogP contribution in [0.4, 0.5) is 5.69 Å². The van der Waals surface area contributed by atoms with E-state index in [1.54, 1.807) is 24.5 Å². The zero-order valence-corrected chi connectivity index (χ0v) is 16.4. The summed E-state index contributed by atoms with van der Waals surface area (Å²) in [4.78, 5) is -0.0611. The van der Waals surface area contributed by atoms with Crippen molar-refractivity contribution in [3.05, 3.63) is 57.0 Å². The fourth-order valence-electron chi connectivity index (χ4n) is 1.96. The molecule has 2 aromatic rings. The normalized spacial score (nSPS) is 12.4. The van der Waals surface area contributed by atoms with Crippen LogP contribution in [0, 0.1) is 11.3 Å². The van der Waals surface area contributed by atoms with Crippen LogP contribution in [-0.4, -0.2) is 18.9 Å². The highest BCUT2D eigenvalue weighted by Crippen LogP contribution is 2.27. The zero-order valence-electron chi connectivity index (χ0n) is 12.4. The molecule has 0 aliphatic heterocycles. The van der Waals surface area contributed by atoms with Gasteiger partial charge in [0.25, 0.3) is 10.0 Å². The van der Waals surface area contributed by atoms with Crippen molar-refractivity contribution in [2.75, 3.05) is 11.0 Å². The molecule has 126 valence electrons. The van der Waals surface area contributed by atoms with E-state index in [4.69, 9.17) is 16.9 Å². The molecule has 0 bridgehead atoms. The predicted molar refractivity (Wildman–Crippen MR) is 98.9 cm³/mol. The Morgan fingerprint density at radius 1 is 1.29 bits per heavy atom. The lowest BCUT2D eigenvalue weighted by Crippen LogP contribution is -2.14. The molecular weight excluding hydrogens is 436 g/mol. The Kier molecular flexibility index (Phi) is 6.04. The van der Waals surface area contributed by atoms with Crippen LogP contribution in [0.5, 0.6) is 0 Å². The third-order valence-electron chi connectivity index (χ3n) is 2.96. The summed E-state index contributed by atoms with van der Waals surface area (Å²) in [7, 11) is -4.99. The predicted octanol–water partition coefficient (Wildman–Crippen LogP) is 3.65. The minimum atomic E-state index is -3.93. The first kappa shape index (κ1) is 18.9. The van der Waals surface area contributed by atoms with Crippen LogP contribution in [-0.2, 0) is 26.6 Å². The van der Waals surface area contributed by atoms with Gasteiger partial charge in [0, 0.05) is 27.3 Å². The number of hydrogen-bond acceptors (Lipinski definition) is 4. The van der Waals surface area contributed by atoms with E-state index in [0.29, 0.717) is 15.8 Å². The van der Waals surface area contributed by atoms with Gasteiger partial charge in [-0.25, -0.2) is 8.42 Å². The first-order valence-corrected chi connectivity index (χ1v) is 10.9. The quantitative estimate of drug-likeness (QED) is 0.758. The SMILES string of the molecule is C[S@@](=O)Cc1ccc(Cl)c(NS(=O)(=O)c2cc(Br)cc(C#N)c2)c1. The van der Waals surface area contributed by atoms with E-state index in [9.17, 15) is 12.6 Å². The minimum Gasteiger partial charge on any atom is -0.278 e. The Hall–Kier alpha value is -1.40. The molecule has 0 aliphatic carbocycles. The van der Waals surface area contributed by atoms with E-state index in [-0.39, 0.29) is 21.2 Å². The van der Waals surface area contributed by atoms with Crippen LogP contribution < -0.4 is 4.72 Å². The standard InChI is InChI=1S/C15H12BrClN2O3S2/c1-23(20)9-10-2-3-14(17)15(6-10)19-24(21,22)13-5-11(8-18)4-12(16)7-13/h2-7,19H,9H2,1H3/t23-/m1/s1. The maximum Gasteiger partial charge on any atom is 0.262 e. The van der Waals surface area contributed by atoms with Crippen LogP contribution in [0.15, 0.2) is 45.8 Å². The lowest BCUT2D eigenvalue weighted by Gasteiger charge is -2.12. The molecule has 24 heavy (non-hydrogen) atoms. The average molecular weight is 448 g/mol. The van der Waals surface area contributed by atoms with Crippen molar-refractivity contribution >= 4 is 54.0 Å². The molecule has 0 radical (unpaired) electrons. The molecule has 0 unspecified atom stereocenters. The van der Waals surface area contributed by atoms with Gasteiger partial charge in [0.15, 0.2) is 0 Å². The molecule has 1 N–H and O–H groups in total. The molecule has 2 aromatic carbocycles. The van der Waals surface area contributed by atoms with Crippen molar-refractivity contribution in [2.45, 2.75) is 10.6 Å². The number of nitriles is 1. The molecular formula is C15H12BrClN2O3S2. The number of nitrogens with one attached hydrogen (secondary N) is 1. The monoisotopic (exact) mass is 446 g/mol. The van der Waals surface area contributed by atoms with Gasteiger partial charge in [-0.3, -0.25) is 8.93 Å². The summed E-state index contributed by atoms with van der Waals surface area (Å²) in [6, 6.07) is 10.9. The van der Waals surface area contributed by atoms with Crippen LogP contribution in [0.3, 0.4) is 0 Å². The van der Waals surface area contributed by atoms with Crippen LogP contribution in [0.25, 0.3) is 0 Å². The molecule has 9 heteroatoms. The largest absolute Gasteiger partial charge is 0.278 e. The fraction of sp³-hybridized carbons (Fsp3) is 0.133. The molecule has 0 saturated carbocycles. The van der Waals surface area contributed by atoms with E-state index < -0.39 is 20.8 Å². The third-order valence-corrected chi connectivity index (χ3v) is 5.83. The molecule has 0 saturated heterocycles. The van der Waals surface area contributed by atoms with Crippen LogP contribution >= 0.6 is 27.5 Å². The van der Waals surface area contributed by atoms with Crippen LogP contribution in [0.2, 0.25) is 5.02 Å². The highest BCUT2D eigenvalue weighted by molar-refractivity contribution is 9.10. The summed E-state index contributed by atoms with van der Waals surface area (Å²) in [5.41, 5.74) is 1.11. The van der Waals surface area contributed by atoms with Gasteiger partial charge < -0.3 is 0 Å². The van der Waals surface area contributed by atoms with Crippen molar-refractivity contribution < 1.29 is 12.6 Å². The number of anilines is 1. The average Bonchev–Trinajstić information content (AvgIpc) is 2.49. The molecule has 5 nitrogen and oxygen atoms in total. The minimum absolute atomic E-state index is 0.0611.